The fraction of sp³-hybridized carbons (Fsp3) is 0.583. The average Bonchev–Trinajstić information content (AvgIpc) is 2.70. The van der Waals surface area contributed by atoms with Crippen LogP contribution in [0.4, 0.5) is 5.00 Å². The minimum absolute atomic E-state index is 0.198. The van der Waals surface area contributed by atoms with Gasteiger partial charge in [-0.05, 0) is 33.0 Å². The zero-order valence-corrected chi connectivity index (χ0v) is 10.9. The minimum Gasteiger partial charge on any atom is -0.360 e. The highest BCUT2D eigenvalue weighted by molar-refractivity contribution is 7.17. The monoisotopic (exact) mass is 238 g/mol. The van der Waals surface area contributed by atoms with Gasteiger partial charge < -0.3 is 4.90 Å². The summed E-state index contributed by atoms with van der Waals surface area (Å²) >= 11 is 1.58. The third-order valence-corrected chi connectivity index (χ3v) is 4.43. The lowest BCUT2D eigenvalue weighted by molar-refractivity contribution is 0.112. The number of aldehydes is 1. The topological polar surface area (TPSA) is 23.6 Å². The minimum atomic E-state index is 0.198. The Morgan fingerprint density at radius 1 is 1.38 bits per heavy atom. The number of likely N-dealkylation sites (N-methyl/N-ethyl adjacent to an activating group) is 1. The fourth-order valence-corrected chi connectivity index (χ4v) is 2.85. The van der Waals surface area contributed by atoms with Crippen LogP contribution >= 0.6 is 11.3 Å². The molecule has 4 heteroatoms. The Bertz CT molecular complexity index is 386. The number of nitrogens with zero attached hydrogens (tertiary/aromatic N) is 2. The number of hydrogen-bond acceptors (Lipinski definition) is 4. The van der Waals surface area contributed by atoms with Crippen molar-refractivity contribution in [2.45, 2.75) is 19.4 Å². The van der Waals surface area contributed by atoms with Crippen LogP contribution in [-0.2, 0) is 0 Å². The summed E-state index contributed by atoms with van der Waals surface area (Å²) in [5.74, 6) is 0. The maximum atomic E-state index is 10.7. The Morgan fingerprint density at radius 3 is 2.69 bits per heavy atom. The molecule has 0 spiro atoms. The summed E-state index contributed by atoms with van der Waals surface area (Å²) in [6.45, 7) is 7.64. The van der Waals surface area contributed by atoms with E-state index in [1.807, 2.05) is 6.07 Å². The lowest BCUT2D eigenvalue weighted by atomic mass is 10.00. The number of carbonyl (C=O) groups is 1. The van der Waals surface area contributed by atoms with Crippen LogP contribution in [0.1, 0.15) is 23.5 Å². The Balaban J connectivity index is 2.14. The number of piperazine rings is 1. The molecule has 2 heterocycles. The van der Waals surface area contributed by atoms with E-state index in [1.165, 1.54) is 5.00 Å². The maximum absolute atomic E-state index is 10.7. The van der Waals surface area contributed by atoms with Gasteiger partial charge in [0.1, 0.15) is 0 Å². The molecule has 0 aliphatic carbocycles. The van der Waals surface area contributed by atoms with E-state index in [1.54, 1.807) is 11.3 Å². The van der Waals surface area contributed by atoms with Gasteiger partial charge in [0.2, 0.25) is 0 Å². The second-order valence-electron chi connectivity index (χ2n) is 4.95. The first-order valence-corrected chi connectivity index (χ1v) is 6.36. The van der Waals surface area contributed by atoms with Crippen molar-refractivity contribution < 1.29 is 4.79 Å². The summed E-state index contributed by atoms with van der Waals surface area (Å²) in [5, 5.41) is 1.21. The van der Waals surface area contributed by atoms with E-state index in [0.717, 1.165) is 30.8 Å². The second kappa shape index (κ2) is 4.18. The molecule has 1 aromatic rings. The largest absolute Gasteiger partial charge is 0.360 e. The maximum Gasteiger partial charge on any atom is 0.160 e. The van der Waals surface area contributed by atoms with Gasteiger partial charge >= 0.3 is 0 Å². The summed E-state index contributed by atoms with van der Waals surface area (Å²) in [7, 11) is 2.17. The first-order chi connectivity index (χ1) is 7.53. The molecule has 0 atom stereocenters. The van der Waals surface area contributed by atoms with Crippen LogP contribution < -0.4 is 4.90 Å². The normalized spacial score (nSPS) is 21.1. The zero-order valence-electron chi connectivity index (χ0n) is 10.1. The number of hydrogen-bond donors (Lipinski definition) is 0. The predicted molar refractivity (Wildman–Crippen MR) is 68.6 cm³/mol. The van der Waals surface area contributed by atoms with Crippen molar-refractivity contribution in [3.8, 4) is 0 Å². The van der Waals surface area contributed by atoms with E-state index in [9.17, 15) is 4.79 Å². The van der Waals surface area contributed by atoms with E-state index in [0.29, 0.717) is 0 Å². The summed E-state index contributed by atoms with van der Waals surface area (Å²) in [6, 6.07) is 3.95. The molecule has 1 saturated heterocycles. The Hall–Kier alpha value is -0.870. The number of carbonyl (C=O) groups excluding carboxylic acids is 1. The highest BCUT2D eigenvalue weighted by Gasteiger charge is 2.31. The van der Waals surface area contributed by atoms with Crippen molar-refractivity contribution >= 4 is 22.6 Å². The molecule has 88 valence electrons. The molecule has 0 unspecified atom stereocenters. The summed E-state index contributed by atoms with van der Waals surface area (Å²) in [6.07, 6.45) is 0.926. The van der Waals surface area contributed by atoms with E-state index < -0.39 is 0 Å². The fourth-order valence-electron chi connectivity index (χ4n) is 2.00. The summed E-state index contributed by atoms with van der Waals surface area (Å²) in [4.78, 5) is 16.2. The third kappa shape index (κ3) is 2.13. The molecule has 0 radical (unpaired) electrons. The third-order valence-electron chi connectivity index (χ3n) is 3.36. The van der Waals surface area contributed by atoms with Crippen molar-refractivity contribution in [2.75, 3.05) is 31.6 Å². The van der Waals surface area contributed by atoms with Crippen LogP contribution in [0.15, 0.2) is 12.1 Å². The van der Waals surface area contributed by atoms with E-state index >= 15 is 0 Å². The van der Waals surface area contributed by atoms with Crippen molar-refractivity contribution in [1.29, 1.82) is 0 Å². The molecule has 1 fully saturated rings. The van der Waals surface area contributed by atoms with Crippen LogP contribution in [0.2, 0.25) is 0 Å². The lowest BCUT2D eigenvalue weighted by Gasteiger charge is -2.45. The first kappa shape index (κ1) is 11.6. The number of thiophene rings is 1. The second-order valence-corrected chi connectivity index (χ2v) is 6.04. The molecule has 1 aromatic heterocycles. The van der Waals surface area contributed by atoms with Crippen molar-refractivity contribution in [3.05, 3.63) is 17.0 Å². The van der Waals surface area contributed by atoms with Crippen LogP contribution in [0.5, 0.6) is 0 Å². The van der Waals surface area contributed by atoms with Gasteiger partial charge in [0, 0.05) is 25.2 Å². The first-order valence-electron chi connectivity index (χ1n) is 5.54. The number of rotatable bonds is 2. The van der Waals surface area contributed by atoms with Gasteiger partial charge in [0.05, 0.1) is 9.88 Å². The summed E-state index contributed by atoms with van der Waals surface area (Å²) in [5.41, 5.74) is 0.198. The molecular formula is C12H18N2OS. The smallest absolute Gasteiger partial charge is 0.160 e. The van der Waals surface area contributed by atoms with Crippen LogP contribution in [0.3, 0.4) is 0 Å². The molecule has 1 aliphatic heterocycles. The Labute approximate surface area is 101 Å². The van der Waals surface area contributed by atoms with Gasteiger partial charge in [-0.25, -0.2) is 0 Å². The van der Waals surface area contributed by atoms with Gasteiger partial charge in [-0.3, -0.25) is 9.69 Å². The van der Waals surface area contributed by atoms with Gasteiger partial charge in [0.25, 0.3) is 0 Å². The molecule has 2 rings (SSSR count). The van der Waals surface area contributed by atoms with E-state index in [4.69, 9.17) is 0 Å². The average molecular weight is 238 g/mol. The van der Waals surface area contributed by atoms with E-state index in [2.05, 4.69) is 36.8 Å². The molecule has 16 heavy (non-hydrogen) atoms. The molecule has 0 N–H and O–H groups in total. The lowest BCUT2D eigenvalue weighted by Crippen LogP contribution is -2.57. The van der Waals surface area contributed by atoms with E-state index in [-0.39, 0.29) is 5.54 Å². The van der Waals surface area contributed by atoms with Crippen molar-refractivity contribution in [2.24, 2.45) is 0 Å². The molecule has 1 aliphatic rings. The predicted octanol–water partition coefficient (Wildman–Crippen LogP) is 2.09. The van der Waals surface area contributed by atoms with Crippen LogP contribution in [-0.4, -0.2) is 43.4 Å². The van der Waals surface area contributed by atoms with Crippen molar-refractivity contribution in [1.82, 2.24) is 4.90 Å². The molecular weight excluding hydrogens is 220 g/mol. The summed E-state index contributed by atoms with van der Waals surface area (Å²) < 4.78 is 0. The van der Waals surface area contributed by atoms with Gasteiger partial charge in [0.15, 0.2) is 6.29 Å². The SMILES string of the molecule is CN1CCN(c2ccc(C=O)s2)CC1(C)C. The van der Waals surface area contributed by atoms with Crippen LogP contribution in [0.25, 0.3) is 0 Å². The molecule has 0 bridgehead atoms. The molecule has 0 aromatic carbocycles. The molecule has 0 saturated carbocycles. The van der Waals surface area contributed by atoms with Crippen molar-refractivity contribution in [3.63, 3.8) is 0 Å². The van der Waals surface area contributed by atoms with Gasteiger partial charge in [-0.1, -0.05) is 0 Å². The van der Waals surface area contributed by atoms with Gasteiger partial charge in [-0.2, -0.15) is 0 Å². The Morgan fingerprint density at radius 2 is 2.12 bits per heavy atom. The highest BCUT2D eigenvalue weighted by Crippen LogP contribution is 2.29. The van der Waals surface area contributed by atoms with Gasteiger partial charge in [-0.15, -0.1) is 11.3 Å². The highest BCUT2D eigenvalue weighted by atomic mass is 32.1. The zero-order chi connectivity index (χ0) is 11.8. The molecule has 0 amide bonds. The standard InChI is InChI=1S/C12H18N2OS/c1-12(2)9-14(7-6-13(12)3)11-5-4-10(8-15)16-11/h4-5,8H,6-7,9H2,1-3H3. The van der Waals surface area contributed by atoms with Crippen LogP contribution in [0, 0.1) is 0 Å². The Kier molecular flexibility index (Phi) is 3.04. The number of anilines is 1. The molecule has 3 nitrogen and oxygen atoms in total. The quantitative estimate of drug-likeness (QED) is 0.737.